The van der Waals surface area contributed by atoms with Crippen molar-refractivity contribution in [2.75, 3.05) is 0 Å². The molecule has 0 amide bonds. The van der Waals surface area contributed by atoms with Gasteiger partial charge in [-0.3, -0.25) is 4.98 Å². The lowest BCUT2D eigenvalue weighted by Gasteiger charge is -1.99. The Labute approximate surface area is 101 Å². The summed E-state index contributed by atoms with van der Waals surface area (Å²) in [5.74, 6) is 0. The molecule has 0 aromatic carbocycles. The average Bonchev–Trinajstić information content (AvgIpc) is 3.04. The minimum Gasteiger partial charge on any atom is -0.345 e. The first-order valence-electron chi connectivity index (χ1n) is 5.48. The van der Waals surface area contributed by atoms with Crippen molar-refractivity contribution >= 4 is 16.7 Å². The Morgan fingerprint density at radius 2 is 2.11 bits per heavy atom. The van der Waals surface area contributed by atoms with Crippen LogP contribution in [0.15, 0.2) is 43.5 Å². The maximum absolute atomic E-state index is 4.41. The molecule has 1 N–H and O–H groups in total. The highest BCUT2D eigenvalue weighted by atomic mass is 15.0. The maximum Gasteiger partial charge on any atom is 0.155 e. The van der Waals surface area contributed by atoms with Gasteiger partial charge < -0.3 is 9.38 Å². The van der Waals surface area contributed by atoms with Gasteiger partial charge in [-0.15, -0.1) is 0 Å². The van der Waals surface area contributed by atoms with Crippen LogP contribution in [0, 0.1) is 0 Å². The predicted octanol–water partition coefficient (Wildman–Crippen LogP) is 1.67. The topological polar surface area (TPSA) is 71.8 Å². The van der Waals surface area contributed by atoms with E-state index < -0.39 is 0 Å². The fraction of sp³-hybridized carbons (Fsp3) is 0. The third kappa shape index (κ3) is 1.22. The summed E-state index contributed by atoms with van der Waals surface area (Å²) >= 11 is 0. The number of imidazole rings is 1. The van der Waals surface area contributed by atoms with Crippen LogP contribution in [0.5, 0.6) is 0 Å². The summed E-state index contributed by atoms with van der Waals surface area (Å²) in [4.78, 5) is 19.9. The Morgan fingerprint density at radius 1 is 1.11 bits per heavy atom. The number of fused-ring (bicyclic) bond motifs is 2. The zero-order valence-corrected chi connectivity index (χ0v) is 9.28. The van der Waals surface area contributed by atoms with Crippen molar-refractivity contribution in [2.45, 2.75) is 0 Å². The molecule has 0 radical (unpaired) electrons. The molecule has 4 aromatic heterocycles. The van der Waals surface area contributed by atoms with Crippen LogP contribution < -0.4 is 0 Å². The monoisotopic (exact) mass is 236 g/mol. The number of aromatic amines is 1. The van der Waals surface area contributed by atoms with Crippen molar-refractivity contribution in [1.82, 2.24) is 29.3 Å². The minimum absolute atomic E-state index is 0.813. The first kappa shape index (κ1) is 9.29. The quantitative estimate of drug-likeness (QED) is 0.545. The second-order valence-corrected chi connectivity index (χ2v) is 3.95. The summed E-state index contributed by atoms with van der Waals surface area (Å²) in [5.41, 5.74) is 3.49. The van der Waals surface area contributed by atoms with Crippen LogP contribution in [-0.2, 0) is 0 Å². The molecule has 0 aliphatic rings. The van der Waals surface area contributed by atoms with Gasteiger partial charge in [0, 0.05) is 41.9 Å². The molecule has 4 rings (SSSR count). The van der Waals surface area contributed by atoms with Gasteiger partial charge in [-0.1, -0.05) is 0 Å². The second-order valence-electron chi connectivity index (χ2n) is 3.95. The number of nitrogens with zero attached hydrogens (tertiary/aromatic N) is 5. The molecule has 86 valence electrons. The number of H-pyrrole nitrogens is 1. The number of rotatable bonds is 1. The van der Waals surface area contributed by atoms with Crippen LogP contribution in [0.3, 0.4) is 0 Å². The third-order valence-corrected chi connectivity index (χ3v) is 2.91. The fourth-order valence-electron chi connectivity index (χ4n) is 2.04. The fourth-order valence-corrected chi connectivity index (χ4v) is 2.04. The molecule has 4 aromatic rings. The standard InChI is InChI=1S/C12H8N6/c1-2-18-6-10(15-5-11(18)14-1)8-4-16-12-9(8)3-13-7-17-12/h1-7H,(H,13,16,17). The van der Waals surface area contributed by atoms with Gasteiger partial charge in [0.15, 0.2) is 5.65 Å². The lowest BCUT2D eigenvalue weighted by Crippen LogP contribution is -1.89. The van der Waals surface area contributed by atoms with E-state index >= 15 is 0 Å². The molecule has 0 unspecified atom stereocenters. The zero-order valence-electron chi connectivity index (χ0n) is 9.28. The predicted molar refractivity (Wildman–Crippen MR) is 65.9 cm³/mol. The van der Waals surface area contributed by atoms with Gasteiger partial charge in [0.25, 0.3) is 0 Å². The molecule has 0 bridgehead atoms. The van der Waals surface area contributed by atoms with E-state index in [9.17, 15) is 0 Å². The van der Waals surface area contributed by atoms with Crippen molar-refractivity contribution in [2.24, 2.45) is 0 Å². The summed E-state index contributed by atoms with van der Waals surface area (Å²) < 4.78 is 1.94. The van der Waals surface area contributed by atoms with E-state index in [1.165, 1.54) is 6.33 Å². The van der Waals surface area contributed by atoms with Crippen LogP contribution >= 0.6 is 0 Å². The highest BCUT2D eigenvalue weighted by Gasteiger charge is 2.08. The summed E-state index contributed by atoms with van der Waals surface area (Å²) in [6, 6.07) is 0. The van der Waals surface area contributed by atoms with Crippen LogP contribution in [0.25, 0.3) is 27.9 Å². The highest BCUT2D eigenvalue weighted by Crippen LogP contribution is 2.25. The van der Waals surface area contributed by atoms with E-state index in [0.717, 1.165) is 27.9 Å². The number of hydrogen-bond donors (Lipinski definition) is 1. The van der Waals surface area contributed by atoms with Gasteiger partial charge in [0.05, 0.1) is 11.9 Å². The Morgan fingerprint density at radius 3 is 3.11 bits per heavy atom. The summed E-state index contributed by atoms with van der Waals surface area (Å²) in [6.07, 6.45) is 12.5. The van der Waals surface area contributed by atoms with E-state index in [4.69, 9.17) is 0 Å². The lowest BCUT2D eigenvalue weighted by atomic mass is 10.2. The SMILES string of the molecule is c1ncc2c(-c3cn4ccnc4cn3)c[nH]c2n1. The van der Waals surface area contributed by atoms with Gasteiger partial charge in [-0.2, -0.15) is 0 Å². The van der Waals surface area contributed by atoms with E-state index in [-0.39, 0.29) is 0 Å². The number of nitrogens with one attached hydrogen (secondary N) is 1. The summed E-state index contributed by atoms with van der Waals surface area (Å²) in [6.45, 7) is 0. The first-order valence-corrected chi connectivity index (χ1v) is 5.48. The Balaban J connectivity index is 2.00. The molecule has 6 heteroatoms. The molecular formula is C12H8N6. The van der Waals surface area contributed by atoms with Crippen molar-refractivity contribution in [1.29, 1.82) is 0 Å². The average molecular weight is 236 g/mol. The smallest absolute Gasteiger partial charge is 0.155 e. The summed E-state index contributed by atoms with van der Waals surface area (Å²) in [5, 5.41) is 0.962. The van der Waals surface area contributed by atoms with Crippen LogP contribution in [0.2, 0.25) is 0 Å². The number of hydrogen-bond acceptors (Lipinski definition) is 4. The van der Waals surface area contributed by atoms with Crippen LogP contribution in [-0.4, -0.2) is 29.3 Å². The minimum atomic E-state index is 0.813. The molecular weight excluding hydrogens is 228 g/mol. The van der Waals surface area contributed by atoms with E-state index in [2.05, 4.69) is 24.9 Å². The molecule has 0 aliphatic carbocycles. The molecule has 0 fully saturated rings. The van der Waals surface area contributed by atoms with Gasteiger partial charge in [0.2, 0.25) is 0 Å². The van der Waals surface area contributed by atoms with Crippen molar-refractivity contribution in [3.63, 3.8) is 0 Å². The Kier molecular flexibility index (Phi) is 1.74. The zero-order chi connectivity index (χ0) is 11.9. The van der Waals surface area contributed by atoms with Crippen LogP contribution in [0.1, 0.15) is 0 Å². The number of aromatic nitrogens is 6. The summed E-state index contributed by atoms with van der Waals surface area (Å²) in [7, 11) is 0. The van der Waals surface area contributed by atoms with Crippen molar-refractivity contribution in [3.8, 4) is 11.3 Å². The van der Waals surface area contributed by atoms with E-state index in [1.807, 2.05) is 23.0 Å². The van der Waals surface area contributed by atoms with Crippen LogP contribution in [0.4, 0.5) is 0 Å². The lowest BCUT2D eigenvalue weighted by molar-refractivity contribution is 1.13. The second kappa shape index (κ2) is 3.36. The molecule has 0 atom stereocenters. The molecule has 0 spiro atoms. The third-order valence-electron chi connectivity index (χ3n) is 2.91. The largest absolute Gasteiger partial charge is 0.345 e. The van der Waals surface area contributed by atoms with E-state index in [0.29, 0.717) is 0 Å². The molecule has 4 heterocycles. The first-order chi connectivity index (χ1) is 8.92. The Hall–Kier alpha value is -2.76. The van der Waals surface area contributed by atoms with Gasteiger partial charge in [0.1, 0.15) is 12.0 Å². The molecule has 18 heavy (non-hydrogen) atoms. The van der Waals surface area contributed by atoms with E-state index in [1.54, 1.807) is 18.6 Å². The van der Waals surface area contributed by atoms with Crippen molar-refractivity contribution < 1.29 is 0 Å². The normalized spacial score (nSPS) is 11.3. The molecule has 6 nitrogen and oxygen atoms in total. The Bertz CT molecular complexity index is 844. The van der Waals surface area contributed by atoms with Crippen molar-refractivity contribution in [3.05, 3.63) is 43.5 Å². The molecule has 0 saturated carbocycles. The van der Waals surface area contributed by atoms with Gasteiger partial charge >= 0.3 is 0 Å². The maximum atomic E-state index is 4.41. The molecule has 0 aliphatic heterocycles. The van der Waals surface area contributed by atoms with Gasteiger partial charge in [-0.25, -0.2) is 15.0 Å². The highest BCUT2D eigenvalue weighted by molar-refractivity contribution is 5.91. The van der Waals surface area contributed by atoms with Gasteiger partial charge in [-0.05, 0) is 0 Å². The molecule has 0 saturated heterocycles.